The number of carbonyl (C=O) groups excluding carboxylic acids is 1. The minimum absolute atomic E-state index is 0.409. The van der Waals surface area contributed by atoms with Crippen molar-refractivity contribution < 1.29 is 18.0 Å². The average Bonchev–Trinajstić information content (AvgIpc) is 3.32. The predicted molar refractivity (Wildman–Crippen MR) is 132 cm³/mol. The van der Waals surface area contributed by atoms with Gasteiger partial charge < -0.3 is 4.57 Å². The number of rotatable bonds is 4. The summed E-state index contributed by atoms with van der Waals surface area (Å²) in [6.07, 6.45) is -3.70. The molecule has 5 rings (SSSR count). The van der Waals surface area contributed by atoms with Crippen LogP contribution in [0.1, 0.15) is 29.2 Å². The second kappa shape index (κ2) is 9.28. The number of aromatic nitrogens is 1. The quantitative estimate of drug-likeness (QED) is 0.336. The molecule has 0 aliphatic carbocycles. The summed E-state index contributed by atoms with van der Waals surface area (Å²) in [4.78, 5) is 25.8. The van der Waals surface area contributed by atoms with Crippen LogP contribution in [0, 0.1) is 0 Å². The monoisotopic (exact) mass is 509 g/mol. The highest BCUT2D eigenvalue weighted by Crippen LogP contribution is 2.34. The molecule has 0 saturated carbocycles. The summed E-state index contributed by atoms with van der Waals surface area (Å²) in [5.41, 5.74) is 0.329. The summed E-state index contributed by atoms with van der Waals surface area (Å²) in [5.74, 6) is -0.628. The van der Waals surface area contributed by atoms with Crippen molar-refractivity contribution in [1.82, 2.24) is 9.58 Å². The fraction of sp³-hybridized carbons (Fsp3) is 0.148. The molecule has 1 aliphatic rings. The normalized spacial score (nSPS) is 15.8. The predicted octanol–water partition coefficient (Wildman–Crippen LogP) is 6.05. The van der Waals surface area contributed by atoms with E-state index in [2.05, 4.69) is 5.10 Å². The first-order valence-corrected chi connectivity index (χ1v) is 11.5. The number of halogens is 4. The molecule has 0 spiro atoms. The van der Waals surface area contributed by atoms with E-state index in [0.29, 0.717) is 29.0 Å². The standard InChI is InChI=1S/C27H19ClF3N3O2/c28-22-13-21(27(29,30)31)15-33(26(22)36)16-25(35)34-24(18-7-2-1-3-8-18)14-23(32-34)20-11-10-17-6-4-5-9-19(17)12-20/h1-13,15,24H,14,16H2. The van der Waals surface area contributed by atoms with E-state index >= 15 is 0 Å². The maximum atomic E-state index is 13.3. The van der Waals surface area contributed by atoms with Gasteiger partial charge in [0.15, 0.2) is 0 Å². The van der Waals surface area contributed by atoms with Gasteiger partial charge in [-0.3, -0.25) is 9.59 Å². The van der Waals surface area contributed by atoms with Crippen LogP contribution in [0.25, 0.3) is 10.8 Å². The Hall–Kier alpha value is -3.91. The van der Waals surface area contributed by atoms with Gasteiger partial charge in [-0.25, -0.2) is 5.01 Å². The van der Waals surface area contributed by atoms with Crippen molar-refractivity contribution in [3.63, 3.8) is 0 Å². The van der Waals surface area contributed by atoms with E-state index in [9.17, 15) is 22.8 Å². The van der Waals surface area contributed by atoms with Gasteiger partial charge in [-0.2, -0.15) is 18.3 Å². The first-order chi connectivity index (χ1) is 17.2. The molecule has 0 fully saturated rings. The Labute approximate surface area is 209 Å². The molecule has 2 heterocycles. The Morgan fingerprint density at radius 3 is 2.39 bits per heavy atom. The molecule has 1 aromatic heterocycles. The molecule has 1 amide bonds. The van der Waals surface area contributed by atoms with Crippen molar-refractivity contribution in [3.05, 3.63) is 117 Å². The average molecular weight is 510 g/mol. The number of hydrogen-bond donors (Lipinski definition) is 0. The minimum Gasteiger partial charge on any atom is -0.304 e. The van der Waals surface area contributed by atoms with Gasteiger partial charge in [0.05, 0.1) is 17.3 Å². The number of nitrogens with zero attached hydrogens (tertiary/aromatic N) is 3. The molecule has 5 nitrogen and oxygen atoms in total. The number of alkyl halides is 3. The van der Waals surface area contributed by atoms with Crippen LogP contribution in [0.15, 0.2) is 95.0 Å². The molecule has 9 heteroatoms. The van der Waals surface area contributed by atoms with E-state index in [1.54, 1.807) is 0 Å². The summed E-state index contributed by atoms with van der Waals surface area (Å²) >= 11 is 5.76. The van der Waals surface area contributed by atoms with Gasteiger partial charge in [0.1, 0.15) is 11.6 Å². The molecule has 1 atom stereocenters. The van der Waals surface area contributed by atoms with Crippen molar-refractivity contribution in [1.29, 1.82) is 0 Å². The van der Waals surface area contributed by atoms with Gasteiger partial charge >= 0.3 is 6.18 Å². The van der Waals surface area contributed by atoms with E-state index < -0.39 is 40.8 Å². The lowest BCUT2D eigenvalue weighted by Crippen LogP contribution is -2.34. The maximum Gasteiger partial charge on any atom is 0.417 e. The SMILES string of the molecule is O=C(Cn1cc(C(F)(F)F)cc(Cl)c1=O)N1N=C(c2ccc3ccccc3c2)CC1c1ccccc1. The Bertz CT molecular complexity index is 1550. The van der Waals surface area contributed by atoms with Gasteiger partial charge in [0.2, 0.25) is 0 Å². The van der Waals surface area contributed by atoms with Gasteiger partial charge in [-0.05, 0) is 34.0 Å². The topological polar surface area (TPSA) is 54.7 Å². The highest BCUT2D eigenvalue weighted by Gasteiger charge is 2.35. The molecular formula is C27H19ClF3N3O2. The van der Waals surface area contributed by atoms with Crippen LogP contribution in [0.2, 0.25) is 5.02 Å². The third-order valence-corrected chi connectivity index (χ3v) is 6.38. The summed E-state index contributed by atoms with van der Waals surface area (Å²) in [6.45, 7) is -0.639. The summed E-state index contributed by atoms with van der Waals surface area (Å²) in [5, 5.41) is 7.29. The summed E-state index contributed by atoms with van der Waals surface area (Å²) in [6, 6.07) is 23.1. The van der Waals surface area contributed by atoms with Gasteiger partial charge in [0, 0.05) is 12.6 Å². The molecule has 0 N–H and O–H groups in total. The van der Waals surface area contributed by atoms with Crippen molar-refractivity contribution in [2.75, 3.05) is 0 Å². The lowest BCUT2D eigenvalue weighted by Gasteiger charge is -2.22. The van der Waals surface area contributed by atoms with Gasteiger partial charge in [-0.15, -0.1) is 0 Å². The molecule has 3 aromatic carbocycles. The molecule has 1 unspecified atom stereocenters. The fourth-order valence-corrected chi connectivity index (χ4v) is 4.53. The number of benzene rings is 3. The van der Waals surface area contributed by atoms with Crippen LogP contribution >= 0.6 is 11.6 Å². The van der Waals surface area contributed by atoms with Crippen LogP contribution in [-0.2, 0) is 17.5 Å². The maximum absolute atomic E-state index is 13.3. The first-order valence-electron chi connectivity index (χ1n) is 11.1. The second-order valence-corrected chi connectivity index (χ2v) is 8.89. The smallest absolute Gasteiger partial charge is 0.304 e. The number of amides is 1. The van der Waals surface area contributed by atoms with Gasteiger partial charge in [0.25, 0.3) is 11.5 Å². The molecule has 4 aromatic rings. The highest BCUT2D eigenvalue weighted by atomic mass is 35.5. The minimum atomic E-state index is -4.72. The van der Waals surface area contributed by atoms with E-state index in [4.69, 9.17) is 11.6 Å². The first kappa shape index (κ1) is 23.8. The third kappa shape index (κ3) is 4.64. The largest absolute Gasteiger partial charge is 0.417 e. The molecule has 36 heavy (non-hydrogen) atoms. The van der Waals surface area contributed by atoms with Crippen molar-refractivity contribution in [3.8, 4) is 0 Å². The Morgan fingerprint density at radius 2 is 1.67 bits per heavy atom. The Balaban J connectivity index is 1.52. The fourth-order valence-electron chi connectivity index (χ4n) is 4.31. The zero-order valence-corrected chi connectivity index (χ0v) is 19.5. The van der Waals surface area contributed by atoms with E-state index in [0.717, 1.165) is 21.9 Å². The number of carbonyl (C=O) groups is 1. The Morgan fingerprint density at radius 1 is 0.972 bits per heavy atom. The number of fused-ring (bicyclic) bond motifs is 1. The summed E-state index contributed by atoms with van der Waals surface area (Å²) < 4.78 is 40.5. The van der Waals surface area contributed by atoms with Crippen molar-refractivity contribution in [2.45, 2.75) is 25.2 Å². The van der Waals surface area contributed by atoms with Crippen LogP contribution in [0.5, 0.6) is 0 Å². The highest BCUT2D eigenvalue weighted by molar-refractivity contribution is 6.30. The molecule has 0 radical (unpaired) electrons. The Kier molecular flexibility index (Phi) is 6.14. The molecule has 182 valence electrons. The second-order valence-electron chi connectivity index (χ2n) is 8.49. The van der Waals surface area contributed by atoms with Crippen molar-refractivity contribution >= 4 is 34.0 Å². The zero-order chi connectivity index (χ0) is 25.4. The summed E-state index contributed by atoms with van der Waals surface area (Å²) in [7, 11) is 0. The van der Waals surface area contributed by atoms with Crippen LogP contribution in [-0.4, -0.2) is 21.2 Å². The molecule has 1 aliphatic heterocycles. The van der Waals surface area contributed by atoms with Crippen molar-refractivity contribution in [2.24, 2.45) is 5.10 Å². The number of hydrogen-bond acceptors (Lipinski definition) is 3. The van der Waals surface area contributed by atoms with E-state index in [1.807, 2.05) is 72.8 Å². The number of pyridine rings is 1. The lowest BCUT2D eigenvalue weighted by molar-refractivity contribution is -0.139. The zero-order valence-electron chi connectivity index (χ0n) is 18.7. The van der Waals surface area contributed by atoms with Crippen LogP contribution < -0.4 is 5.56 Å². The molecule has 0 bridgehead atoms. The molecular weight excluding hydrogens is 491 g/mol. The molecule has 0 saturated heterocycles. The van der Waals surface area contributed by atoms with E-state index in [1.165, 1.54) is 5.01 Å². The third-order valence-electron chi connectivity index (χ3n) is 6.11. The van der Waals surface area contributed by atoms with Crippen LogP contribution in [0.4, 0.5) is 13.2 Å². The lowest BCUT2D eigenvalue weighted by atomic mass is 9.97. The van der Waals surface area contributed by atoms with Crippen LogP contribution in [0.3, 0.4) is 0 Å². The van der Waals surface area contributed by atoms with Gasteiger partial charge in [-0.1, -0.05) is 78.3 Å². The van der Waals surface area contributed by atoms with E-state index in [-0.39, 0.29) is 0 Å². The number of hydrazone groups is 1.